The highest BCUT2D eigenvalue weighted by atomic mass is 31.2. The maximum absolute atomic E-state index is 12.4. The van der Waals surface area contributed by atoms with Crippen LogP contribution in [0.5, 0.6) is 0 Å². The third kappa shape index (κ3) is 4.70. The smallest absolute Gasteiger partial charge is 0.185 e. The molecular weight excluding hydrogens is 239 g/mol. The first kappa shape index (κ1) is 16.4. The van der Waals surface area contributed by atoms with E-state index in [0.29, 0.717) is 13.2 Å². The van der Waals surface area contributed by atoms with Crippen LogP contribution in [0.15, 0.2) is 0 Å². The molecule has 0 aromatic rings. The molecule has 98 valence electrons. The van der Waals surface area contributed by atoms with E-state index in [1.165, 1.54) is 0 Å². The average molecular weight is 265 g/mol. The summed E-state index contributed by atoms with van der Waals surface area (Å²) in [6.45, 7) is 15.4. The Morgan fingerprint density at radius 2 is 1.50 bits per heavy atom. The lowest BCUT2D eigenvalue weighted by Gasteiger charge is -2.47. The van der Waals surface area contributed by atoms with E-state index in [0.717, 1.165) is 0 Å². The molecule has 0 aliphatic carbocycles. The first-order chi connectivity index (χ1) is 7.08. The van der Waals surface area contributed by atoms with Crippen LogP contribution in [-0.2, 0) is 13.6 Å². The highest BCUT2D eigenvalue weighted by molar-refractivity contribution is 7.60. The summed E-state index contributed by atoms with van der Waals surface area (Å²) in [4.78, 5) is 0. The minimum absolute atomic E-state index is 0.150. The van der Waals surface area contributed by atoms with E-state index in [2.05, 4.69) is 33.9 Å². The van der Waals surface area contributed by atoms with Crippen LogP contribution in [0.1, 0.15) is 34.6 Å². The summed E-state index contributed by atoms with van der Waals surface area (Å²) >= 11 is 0. The minimum Gasteiger partial charge on any atom is -0.331 e. The molecule has 0 atom stereocenters. The van der Waals surface area contributed by atoms with Gasteiger partial charge in [-0.1, -0.05) is 47.0 Å². The predicted molar refractivity (Wildman–Crippen MR) is 72.4 cm³/mol. The Morgan fingerprint density at radius 3 is 1.75 bits per heavy atom. The van der Waals surface area contributed by atoms with Crippen LogP contribution in [-0.4, -0.2) is 21.3 Å². The van der Waals surface area contributed by atoms with Gasteiger partial charge in [0.2, 0.25) is 0 Å². The first-order valence-corrected chi connectivity index (χ1v) is 10.5. The molecule has 5 heteroatoms. The van der Waals surface area contributed by atoms with Gasteiger partial charge in [0, 0.05) is 0 Å². The molecule has 0 fully saturated rings. The summed E-state index contributed by atoms with van der Waals surface area (Å²) in [5, 5.41) is 0.150. The molecule has 0 aromatic carbocycles. The van der Waals surface area contributed by atoms with E-state index in [9.17, 15) is 4.57 Å². The van der Waals surface area contributed by atoms with Crippen molar-refractivity contribution in [3.8, 4) is 0 Å². The van der Waals surface area contributed by atoms with Gasteiger partial charge in [0.1, 0.15) is 0 Å². The maximum atomic E-state index is 12.4. The molecule has 0 radical (unpaired) electrons. The Kier molecular flexibility index (Phi) is 5.94. The predicted octanol–water partition coefficient (Wildman–Crippen LogP) is 4.46. The van der Waals surface area contributed by atoms with Crippen molar-refractivity contribution < 1.29 is 13.6 Å². The Hall–Kier alpha value is 0.367. The van der Waals surface area contributed by atoms with Gasteiger partial charge in [-0.3, -0.25) is 4.57 Å². The van der Waals surface area contributed by atoms with Crippen molar-refractivity contribution in [3.63, 3.8) is 0 Å². The zero-order valence-corrected chi connectivity index (χ0v) is 13.6. The molecule has 0 spiro atoms. The van der Waals surface area contributed by atoms with E-state index in [1.807, 2.05) is 19.6 Å². The topological polar surface area (TPSA) is 35.5 Å². The Labute approximate surface area is 101 Å². The highest BCUT2D eigenvalue weighted by Crippen LogP contribution is 2.57. The van der Waals surface area contributed by atoms with Gasteiger partial charge < -0.3 is 9.05 Å². The largest absolute Gasteiger partial charge is 0.331 e. The first-order valence-electron chi connectivity index (χ1n) is 5.84. The lowest BCUT2D eigenvalue weighted by atomic mass is 10.2. The second-order valence-electron chi connectivity index (χ2n) is 5.48. The van der Waals surface area contributed by atoms with Gasteiger partial charge in [0.15, 0.2) is 7.60 Å². The fourth-order valence-electron chi connectivity index (χ4n) is 1.06. The van der Waals surface area contributed by atoms with E-state index in [4.69, 9.17) is 9.05 Å². The average Bonchev–Trinajstić information content (AvgIpc) is 2.00. The molecule has 0 unspecified atom stereocenters. The van der Waals surface area contributed by atoms with Crippen LogP contribution in [0.4, 0.5) is 0 Å². The highest BCUT2D eigenvalue weighted by Gasteiger charge is 2.32. The molecule has 0 aliphatic heterocycles. The SMILES string of the molecule is CCOP(=O)([CH-][Si](C)(C)C(C)(C)C)OCC. The van der Waals surface area contributed by atoms with Gasteiger partial charge in [-0.25, -0.2) is 5.79 Å². The third-order valence-corrected chi connectivity index (χ3v) is 12.0. The maximum Gasteiger partial charge on any atom is 0.185 e. The molecule has 0 saturated carbocycles. The van der Waals surface area contributed by atoms with Crippen molar-refractivity contribution in [2.75, 3.05) is 13.2 Å². The van der Waals surface area contributed by atoms with Crippen molar-refractivity contribution in [2.45, 2.75) is 52.8 Å². The number of rotatable bonds is 6. The number of hydrogen-bond donors (Lipinski definition) is 0. The summed E-state index contributed by atoms with van der Waals surface area (Å²) in [5.74, 6) is 1.88. The van der Waals surface area contributed by atoms with Crippen LogP contribution in [0.25, 0.3) is 0 Å². The summed E-state index contributed by atoms with van der Waals surface area (Å²) in [6.07, 6.45) is 0. The summed E-state index contributed by atoms with van der Waals surface area (Å²) < 4.78 is 23.0. The molecule has 0 heterocycles. The molecule has 0 bridgehead atoms. The van der Waals surface area contributed by atoms with Gasteiger partial charge in [-0.05, 0) is 13.8 Å². The zero-order chi connectivity index (χ0) is 13.0. The van der Waals surface area contributed by atoms with Crippen molar-refractivity contribution in [1.29, 1.82) is 0 Å². The zero-order valence-electron chi connectivity index (χ0n) is 11.7. The van der Waals surface area contributed by atoms with Gasteiger partial charge >= 0.3 is 0 Å². The quantitative estimate of drug-likeness (QED) is 0.404. The fourth-order valence-corrected chi connectivity index (χ4v) is 7.16. The van der Waals surface area contributed by atoms with E-state index >= 15 is 0 Å². The number of hydrogen-bond acceptors (Lipinski definition) is 3. The molecular formula is C11H26O3PSi-. The molecule has 16 heavy (non-hydrogen) atoms. The van der Waals surface area contributed by atoms with Crippen molar-refractivity contribution in [2.24, 2.45) is 0 Å². The molecule has 0 rings (SSSR count). The Bertz CT molecular complexity index is 248. The fraction of sp³-hybridized carbons (Fsp3) is 0.909. The molecule has 3 nitrogen and oxygen atoms in total. The standard InChI is InChI=1S/C11H26O3PSi/c1-8-13-15(12,14-9-2)10-16(6,7)11(3,4)5/h10H,8-9H2,1-7H3/q-1. The summed E-state index contributed by atoms with van der Waals surface area (Å²) in [6, 6.07) is 0. The molecule has 0 amide bonds. The Morgan fingerprint density at radius 1 is 1.12 bits per heavy atom. The van der Waals surface area contributed by atoms with Gasteiger partial charge in [-0.2, -0.15) is 0 Å². The lowest BCUT2D eigenvalue weighted by molar-refractivity contribution is 0.227. The molecule has 0 saturated heterocycles. The Balaban J connectivity index is 4.82. The lowest BCUT2D eigenvalue weighted by Crippen LogP contribution is -2.38. The summed E-state index contributed by atoms with van der Waals surface area (Å²) in [7, 11) is -4.75. The minimum atomic E-state index is -3.00. The van der Waals surface area contributed by atoms with Crippen LogP contribution < -0.4 is 0 Å². The molecule has 0 aliphatic rings. The normalized spacial score (nSPS) is 14.2. The van der Waals surface area contributed by atoms with Crippen molar-refractivity contribution in [3.05, 3.63) is 5.79 Å². The van der Waals surface area contributed by atoms with Crippen LogP contribution >= 0.6 is 7.60 Å². The molecule has 0 aromatic heterocycles. The van der Waals surface area contributed by atoms with Crippen molar-refractivity contribution in [1.82, 2.24) is 0 Å². The van der Waals surface area contributed by atoms with Crippen LogP contribution in [0, 0.1) is 5.79 Å². The molecule has 0 N–H and O–H groups in total. The monoisotopic (exact) mass is 265 g/mol. The second-order valence-corrected chi connectivity index (χ2v) is 13.0. The van der Waals surface area contributed by atoms with E-state index < -0.39 is 15.7 Å². The van der Waals surface area contributed by atoms with Crippen LogP contribution in [0.3, 0.4) is 0 Å². The van der Waals surface area contributed by atoms with Crippen molar-refractivity contribution >= 4 is 15.7 Å². The van der Waals surface area contributed by atoms with E-state index in [1.54, 1.807) is 0 Å². The van der Waals surface area contributed by atoms with Gasteiger partial charge in [0.25, 0.3) is 0 Å². The second kappa shape index (κ2) is 5.81. The van der Waals surface area contributed by atoms with Crippen LogP contribution in [0.2, 0.25) is 18.1 Å². The summed E-state index contributed by atoms with van der Waals surface area (Å²) in [5.41, 5.74) is 0. The third-order valence-electron chi connectivity index (χ3n) is 3.03. The van der Waals surface area contributed by atoms with Gasteiger partial charge in [0.05, 0.1) is 13.2 Å². The van der Waals surface area contributed by atoms with E-state index in [-0.39, 0.29) is 5.04 Å². The van der Waals surface area contributed by atoms with Gasteiger partial charge in [-0.15, -0.1) is 0 Å².